The van der Waals surface area contributed by atoms with Crippen LogP contribution < -0.4 is 5.11 Å². The van der Waals surface area contributed by atoms with Gasteiger partial charge in [-0.2, -0.15) is 0 Å². The second kappa shape index (κ2) is 6.13. The molecule has 0 aliphatic carbocycles. The fourth-order valence-electron chi connectivity index (χ4n) is 1.83. The number of benzene rings is 2. The SMILES string of the molecule is O=C([O-])c1ccc([N+](=O)[O-])cc1C(=O)c1cc(Cl)ccc1Cl. The first kappa shape index (κ1) is 15.9. The molecule has 8 heteroatoms. The number of carboxylic acids is 1. The molecule has 0 radical (unpaired) electrons. The van der Waals surface area contributed by atoms with Gasteiger partial charge < -0.3 is 9.90 Å². The Labute approximate surface area is 134 Å². The minimum atomic E-state index is -1.63. The number of nitro benzene ring substituents is 1. The molecule has 0 saturated heterocycles. The van der Waals surface area contributed by atoms with Crippen LogP contribution in [0.4, 0.5) is 5.69 Å². The van der Waals surface area contributed by atoms with E-state index in [0.29, 0.717) is 0 Å². The standard InChI is InChI=1S/C14H7Cl2NO5/c15-7-1-4-12(16)11(5-7)13(18)10-6-8(17(21)22)2-3-9(10)14(19)20/h1-6H,(H,19,20)/p-1. The molecule has 0 N–H and O–H groups in total. The largest absolute Gasteiger partial charge is 0.545 e. The fourth-order valence-corrected chi connectivity index (χ4v) is 2.20. The van der Waals surface area contributed by atoms with Crippen molar-refractivity contribution in [2.45, 2.75) is 0 Å². The van der Waals surface area contributed by atoms with Crippen molar-refractivity contribution in [2.24, 2.45) is 0 Å². The van der Waals surface area contributed by atoms with Crippen LogP contribution in [0, 0.1) is 10.1 Å². The molecule has 0 spiro atoms. The van der Waals surface area contributed by atoms with E-state index in [0.717, 1.165) is 18.2 Å². The zero-order valence-electron chi connectivity index (χ0n) is 10.7. The van der Waals surface area contributed by atoms with Gasteiger partial charge in [-0.1, -0.05) is 23.2 Å². The summed E-state index contributed by atoms with van der Waals surface area (Å²) in [5.74, 6) is -2.42. The summed E-state index contributed by atoms with van der Waals surface area (Å²) < 4.78 is 0. The Morgan fingerprint density at radius 1 is 0.955 bits per heavy atom. The highest BCUT2D eigenvalue weighted by Crippen LogP contribution is 2.26. The Balaban J connectivity index is 2.65. The lowest BCUT2D eigenvalue weighted by atomic mass is 9.97. The van der Waals surface area contributed by atoms with Crippen LogP contribution in [0.1, 0.15) is 26.3 Å². The van der Waals surface area contributed by atoms with E-state index in [-0.39, 0.29) is 15.6 Å². The number of carbonyl (C=O) groups is 2. The van der Waals surface area contributed by atoms with Crippen LogP contribution in [-0.2, 0) is 0 Å². The number of non-ortho nitro benzene ring substituents is 1. The molecule has 2 rings (SSSR count). The predicted octanol–water partition coefficient (Wildman–Crippen LogP) is 2.50. The predicted molar refractivity (Wildman–Crippen MR) is 77.3 cm³/mol. The average molecular weight is 339 g/mol. The maximum atomic E-state index is 12.5. The molecule has 0 atom stereocenters. The highest BCUT2D eigenvalue weighted by Gasteiger charge is 2.20. The third-order valence-corrected chi connectivity index (χ3v) is 3.42. The van der Waals surface area contributed by atoms with E-state index in [4.69, 9.17) is 23.2 Å². The van der Waals surface area contributed by atoms with Crippen molar-refractivity contribution in [3.05, 3.63) is 73.2 Å². The maximum absolute atomic E-state index is 12.5. The van der Waals surface area contributed by atoms with Crippen LogP contribution in [0.5, 0.6) is 0 Å². The Morgan fingerprint density at radius 3 is 2.23 bits per heavy atom. The van der Waals surface area contributed by atoms with Gasteiger partial charge in [-0.15, -0.1) is 0 Å². The van der Waals surface area contributed by atoms with Crippen LogP contribution in [-0.4, -0.2) is 16.7 Å². The molecule has 0 bridgehead atoms. The number of ketones is 1. The third-order valence-electron chi connectivity index (χ3n) is 2.85. The van der Waals surface area contributed by atoms with Gasteiger partial charge in [0.2, 0.25) is 0 Å². The van der Waals surface area contributed by atoms with Gasteiger partial charge in [0.05, 0.1) is 15.9 Å². The van der Waals surface area contributed by atoms with Gasteiger partial charge in [0.15, 0.2) is 5.78 Å². The van der Waals surface area contributed by atoms with Crippen molar-refractivity contribution in [2.75, 3.05) is 0 Å². The molecule has 112 valence electrons. The molecule has 0 aromatic heterocycles. The van der Waals surface area contributed by atoms with Crippen LogP contribution in [0.15, 0.2) is 36.4 Å². The van der Waals surface area contributed by atoms with Crippen molar-refractivity contribution in [1.82, 2.24) is 0 Å². The summed E-state index contributed by atoms with van der Waals surface area (Å²) in [7, 11) is 0. The summed E-state index contributed by atoms with van der Waals surface area (Å²) in [5.41, 5.74) is -1.34. The van der Waals surface area contributed by atoms with Gasteiger partial charge in [0.25, 0.3) is 5.69 Å². The lowest BCUT2D eigenvalue weighted by molar-refractivity contribution is -0.384. The summed E-state index contributed by atoms with van der Waals surface area (Å²) in [6, 6.07) is 6.86. The summed E-state index contributed by atoms with van der Waals surface area (Å²) in [6.45, 7) is 0. The van der Waals surface area contributed by atoms with E-state index < -0.39 is 33.5 Å². The minimum Gasteiger partial charge on any atom is -0.545 e. The monoisotopic (exact) mass is 338 g/mol. The van der Waals surface area contributed by atoms with Crippen LogP contribution in [0.3, 0.4) is 0 Å². The van der Waals surface area contributed by atoms with Gasteiger partial charge in [0, 0.05) is 33.8 Å². The summed E-state index contributed by atoms with van der Waals surface area (Å²) in [4.78, 5) is 33.6. The number of hydrogen-bond acceptors (Lipinski definition) is 5. The topological polar surface area (TPSA) is 100 Å². The molecule has 0 saturated carbocycles. The maximum Gasteiger partial charge on any atom is 0.270 e. The Morgan fingerprint density at radius 2 is 1.64 bits per heavy atom. The molecule has 2 aromatic carbocycles. The number of hydrogen-bond donors (Lipinski definition) is 0. The molecule has 6 nitrogen and oxygen atoms in total. The number of aromatic carboxylic acids is 1. The smallest absolute Gasteiger partial charge is 0.270 e. The van der Waals surface area contributed by atoms with Gasteiger partial charge in [-0.3, -0.25) is 14.9 Å². The Kier molecular flexibility index (Phi) is 4.44. The molecule has 0 amide bonds. The van der Waals surface area contributed by atoms with Gasteiger partial charge in [0.1, 0.15) is 0 Å². The van der Waals surface area contributed by atoms with Crippen LogP contribution in [0.25, 0.3) is 0 Å². The minimum absolute atomic E-state index is 0.0465. The lowest BCUT2D eigenvalue weighted by Gasteiger charge is -2.10. The van der Waals surface area contributed by atoms with Crippen molar-refractivity contribution >= 4 is 40.6 Å². The Bertz CT molecular complexity index is 804. The van der Waals surface area contributed by atoms with E-state index in [1.807, 2.05) is 0 Å². The van der Waals surface area contributed by atoms with Crippen molar-refractivity contribution in [3.8, 4) is 0 Å². The highest BCUT2D eigenvalue weighted by atomic mass is 35.5. The van der Waals surface area contributed by atoms with E-state index in [2.05, 4.69) is 0 Å². The van der Waals surface area contributed by atoms with E-state index in [1.54, 1.807) is 0 Å². The van der Waals surface area contributed by atoms with E-state index >= 15 is 0 Å². The number of halogens is 2. The number of carboxylic acid groups (broad SMARTS) is 1. The van der Waals surface area contributed by atoms with Crippen LogP contribution >= 0.6 is 23.2 Å². The van der Waals surface area contributed by atoms with E-state index in [9.17, 15) is 24.8 Å². The summed E-state index contributed by atoms with van der Waals surface area (Å²) in [5, 5.41) is 22.2. The van der Waals surface area contributed by atoms with Gasteiger partial charge in [-0.25, -0.2) is 0 Å². The Hall–Kier alpha value is -2.44. The van der Waals surface area contributed by atoms with Crippen LogP contribution in [0.2, 0.25) is 10.0 Å². The molecule has 0 aliphatic rings. The van der Waals surface area contributed by atoms with Gasteiger partial charge >= 0.3 is 0 Å². The molecule has 0 aliphatic heterocycles. The summed E-state index contributed by atoms with van der Waals surface area (Å²) in [6.07, 6.45) is 0. The first-order chi connectivity index (χ1) is 10.3. The first-order valence-electron chi connectivity index (χ1n) is 5.81. The number of nitro groups is 1. The second-order valence-corrected chi connectivity index (χ2v) is 5.07. The lowest BCUT2D eigenvalue weighted by Crippen LogP contribution is -2.25. The van der Waals surface area contributed by atoms with Crippen molar-refractivity contribution in [3.63, 3.8) is 0 Å². The normalized spacial score (nSPS) is 10.3. The summed E-state index contributed by atoms with van der Waals surface area (Å²) >= 11 is 11.7. The zero-order chi connectivity index (χ0) is 16.4. The third kappa shape index (κ3) is 3.08. The quantitative estimate of drug-likeness (QED) is 0.484. The molecular weight excluding hydrogens is 333 g/mol. The molecule has 0 fully saturated rings. The molecule has 2 aromatic rings. The zero-order valence-corrected chi connectivity index (χ0v) is 12.2. The van der Waals surface area contributed by atoms with E-state index in [1.165, 1.54) is 18.2 Å². The molecular formula is C14H6Cl2NO5-. The highest BCUT2D eigenvalue weighted by molar-refractivity contribution is 6.37. The number of rotatable bonds is 4. The van der Waals surface area contributed by atoms with Crippen molar-refractivity contribution < 1.29 is 19.6 Å². The second-order valence-electron chi connectivity index (χ2n) is 4.23. The molecule has 0 unspecified atom stereocenters. The molecule has 0 heterocycles. The first-order valence-corrected chi connectivity index (χ1v) is 6.56. The van der Waals surface area contributed by atoms with Gasteiger partial charge in [-0.05, 0) is 24.3 Å². The van der Waals surface area contributed by atoms with Crippen molar-refractivity contribution in [1.29, 1.82) is 0 Å². The molecule has 22 heavy (non-hydrogen) atoms. The number of nitrogens with zero attached hydrogens (tertiary/aromatic N) is 1. The average Bonchev–Trinajstić information content (AvgIpc) is 2.48. The number of carbonyl (C=O) groups excluding carboxylic acids is 2. The fraction of sp³-hybridized carbons (Fsp3) is 0.